The number of amides is 2. The number of alkyl halides is 3. The summed E-state index contributed by atoms with van der Waals surface area (Å²) in [7, 11) is 0. The zero-order valence-corrected chi connectivity index (χ0v) is 9.88. The lowest BCUT2D eigenvalue weighted by Crippen LogP contribution is -2.55. The maximum atomic E-state index is 12.4. The normalized spacial score (nSPS) is 26.4. The molecule has 1 saturated heterocycles. The van der Waals surface area contributed by atoms with Crippen LogP contribution in [0.3, 0.4) is 0 Å². The van der Waals surface area contributed by atoms with E-state index in [2.05, 4.69) is 5.32 Å². The first-order valence-corrected chi connectivity index (χ1v) is 5.63. The van der Waals surface area contributed by atoms with Gasteiger partial charge in [0.05, 0.1) is 0 Å². The smallest absolute Gasteiger partial charge is 0.352 e. The monoisotopic (exact) mass is 267 g/mol. The lowest BCUT2D eigenvalue weighted by molar-refractivity contribution is -0.171. The number of rotatable bonds is 3. The van der Waals surface area contributed by atoms with Gasteiger partial charge in [-0.1, -0.05) is 0 Å². The van der Waals surface area contributed by atoms with Gasteiger partial charge in [-0.05, 0) is 19.8 Å². The molecule has 1 aliphatic heterocycles. The number of halogens is 3. The van der Waals surface area contributed by atoms with Gasteiger partial charge in [0.15, 0.2) is 0 Å². The minimum atomic E-state index is -4.47. The first-order chi connectivity index (χ1) is 8.25. The van der Waals surface area contributed by atoms with Crippen molar-refractivity contribution in [2.75, 3.05) is 6.54 Å². The van der Waals surface area contributed by atoms with E-state index in [9.17, 15) is 22.8 Å². The Bertz CT molecular complexity index is 333. The molecule has 0 aromatic rings. The number of hydrogen-bond donors (Lipinski definition) is 3. The van der Waals surface area contributed by atoms with Crippen LogP contribution in [-0.2, 0) is 9.59 Å². The van der Waals surface area contributed by atoms with Crippen LogP contribution in [0.1, 0.15) is 19.8 Å². The van der Waals surface area contributed by atoms with Crippen molar-refractivity contribution in [3.63, 3.8) is 0 Å². The summed E-state index contributed by atoms with van der Waals surface area (Å²) in [5, 5.41) is 4.30. The molecule has 5 nitrogen and oxygen atoms in total. The largest absolute Gasteiger partial charge is 0.408 e. The van der Waals surface area contributed by atoms with Crippen LogP contribution in [0.5, 0.6) is 0 Å². The Morgan fingerprint density at radius 3 is 2.61 bits per heavy atom. The summed E-state index contributed by atoms with van der Waals surface area (Å²) in [6, 6.07) is -2.17. The molecule has 1 fully saturated rings. The Kier molecular flexibility index (Phi) is 4.55. The van der Waals surface area contributed by atoms with Crippen molar-refractivity contribution < 1.29 is 22.8 Å². The van der Waals surface area contributed by atoms with Crippen LogP contribution in [0.2, 0.25) is 0 Å². The van der Waals surface area contributed by atoms with Gasteiger partial charge in [-0.2, -0.15) is 13.2 Å². The van der Waals surface area contributed by atoms with Crippen molar-refractivity contribution in [2.24, 2.45) is 11.7 Å². The maximum absolute atomic E-state index is 12.4. The molecule has 0 spiro atoms. The van der Waals surface area contributed by atoms with E-state index in [0.29, 0.717) is 0 Å². The minimum absolute atomic E-state index is 0.112. The SMILES string of the molecule is C[C@@H](CN)NC(=O)C1CCC(C(F)(F)F)NC1=O. The molecular formula is C10H16F3N3O2. The van der Waals surface area contributed by atoms with Gasteiger partial charge in [-0.15, -0.1) is 0 Å². The second-order valence-corrected chi connectivity index (χ2v) is 4.38. The Labute approximate surface area is 102 Å². The van der Waals surface area contributed by atoms with Crippen molar-refractivity contribution >= 4 is 11.8 Å². The minimum Gasteiger partial charge on any atom is -0.352 e. The van der Waals surface area contributed by atoms with Crippen LogP contribution in [0.25, 0.3) is 0 Å². The van der Waals surface area contributed by atoms with Gasteiger partial charge in [0.25, 0.3) is 0 Å². The van der Waals surface area contributed by atoms with E-state index in [1.54, 1.807) is 6.92 Å². The predicted molar refractivity (Wildman–Crippen MR) is 57.4 cm³/mol. The Hall–Kier alpha value is -1.31. The fourth-order valence-electron chi connectivity index (χ4n) is 1.71. The average Bonchev–Trinajstić information content (AvgIpc) is 2.27. The molecule has 0 aromatic heterocycles. The van der Waals surface area contributed by atoms with E-state index in [-0.39, 0.29) is 25.4 Å². The lowest BCUT2D eigenvalue weighted by atomic mass is 9.92. The fourth-order valence-corrected chi connectivity index (χ4v) is 1.71. The summed E-state index contributed by atoms with van der Waals surface area (Å²) >= 11 is 0. The van der Waals surface area contributed by atoms with E-state index >= 15 is 0 Å². The number of nitrogens with two attached hydrogens (primary N) is 1. The molecule has 18 heavy (non-hydrogen) atoms. The summed E-state index contributed by atoms with van der Waals surface area (Å²) in [4.78, 5) is 23.1. The van der Waals surface area contributed by atoms with Crippen LogP contribution < -0.4 is 16.4 Å². The molecular weight excluding hydrogens is 251 g/mol. The molecule has 0 aromatic carbocycles. The molecule has 2 amide bonds. The van der Waals surface area contributed by atoms with Crippen molar-refractivity contribution in [3.05, 3.63) is 0 Å². The molecule has 0 radical (unpaired) electrons. The van der Waals surface area contributed by atoms with Crippen molar-refractivity contribution in [1.82, 2.24) is 10.6 Å². The van der Waals surface area contributed by atoms with Crippen LogP contribution >= 0.6 is 0 Å². The number of hydrogen-bond acceptors (Lipinski definition) is 3. The highest BCUT2D eigenvalue weighted by molar-refractivity contribution is 6.01. The van der Waals surface area contributed by atoms with Crippen molar-refractivity contribution in [2.45, 2.75) is 38.0 Å². The lowest BCUT2D eigenvalue weighted by Gasteiger charge is -2.30. The van der Waals surface area contributed by atoms with Gasteiger partial charge in [-0.3, -0.25) is 9.59 Å². The number of piperidine rings is 1. The first kappa shape index (κ1) is 14.7. The molecule has 1 aliphatic rings. The van der Waals surface area contributed by atoms with Gasteiger partial charge in [0.2, 0.25) is 11.8 Å². The molecule has 8 heteroatoms. The highest BCUT2D eigenvalue weighted by Gasteiger charge is 2.45. The number of nitrogens with one attached hydrogen (secondary N) is 2. The van der Waals surface area contributed by atoms with Crippen LogP contribution in [0.4, 0.5) is 13.2 Å². The zero-order valence-electron chi connectivity index (χ0n) is 9.88. The molecule has 0 aliphatic carbocycles. The van der Waals surface area contributed by atoms with E-state index in [0.717, 1.165) is 0 Å². The van der Waals surface area contributed by atoms with Crippen molar-refractivity contribution in [1.29, 1.82) is 0 Å². The Morgan fingerprint density at radius 2 is 2.17 bits per heavy atom. The van der Waals surface area contributed by atoms with Crippen LogP contribution in [-0.4, -0.2) is 36.6 Å². The van der Waals surface area contributed by atoms with Crippen LogP contribution in [0.15, 0.2) is 0 Å². The highest BCUT2D eigenvalue weighted by atomic mass is 19.4. The zero-order chi connectivity index (χ0) is 13.9. The molecule has 0 saturated carbocycles. The summed E-state index contributed by atoms with van der Waals surface area (Å²) in [6.45, 7) is 1.85. The van der Waals surface area contributed by atoms with Gasteiger partial charge >= 0.3 is 6.18 Å². The molecule has 0 bridgehead atoms. The second kappa shape index (κ2) is 5.55. The third kappa shape index (κ3) is 3.59. The van der Waals surface area contributed by atoms with E-state index in [4.69, 9.17) is 5.73 Å². The molecule has 4 N–H and O–H groups in total. The molecule has 1 heterocycles. The maximum Gasteiger partial charge on any atom is 0.408 e. The Morgan fingerprint density at radius 1 is 1.56 bits per heavy atom. The quantitative estimate of drug-likeness (QED) is 0.625. The summed E-state index contributed by atoms with van der Waals surface area (Å²) in [5.74, 6) is -2.53. The predicted octanol–water partition coefficient (Wildman–Crippen LogP) is -0.0931. The molecule has 1 rings (SSSR count). The third-order valence-corrected chi connectivity index (χ3v) is 2.83. The third-order valence-electron chi connectivity index (χ3n) is 2.83. The Balaban J connectivity index is 2.58. The first-order valence-electron chi connectivity index (χ1n) is 5.63. The van der Waals surface area contributed by atoms with Gasteiger partial charge < -0.3 is 16.4 Å². The van der Waals surface area contributed by atoms with Gasteiger partial charge in [0, 0.05) is 12.6 Å². The molecule has 3 atom stereocenters. The molecule has 2 unspecified atom stereocenters. The summed E-state index contributed by atoms with van der Waals surface area (Å²) in [6.07, 6.45) is -4.87. The average molecular weight is 267 g/mol. The van der Waals surface area contributed by atoms with Gasteiger partial charge in [0.1, 0.15) is 12.0 Å². The van der Waals surface area contributed by atoms with E-state index < -0.39 is 30.0 Å². The second-order valence-electron chi connectivity index (χ2n) is 4.38. The summed E-state index contributed by atoms with van der Waals surface area (Å²) < 4.78 is 37.1. The molecule has 104 valence electrons. The number of carbonyl (C=O) groups excluding carboxylic acids is 2. The fraction of sp³-hybridized carbons (Fsp3) is 0.800. The van der Waals surface area contributed by atoms with Gasteiger partial charge in [-0.25, -0.2) is 0 Å². The van der Waals surface area contributed by atoms with E-state index in [1.165, 1.54) is 0 Å². The summed E-state index contributed by atoms with van der Waals surface area (Å²) in [5.41, 5.74) is 5.30. The highest BCUT2D eigenvalue weighted by Crippen LogP contribution is 2.28. The standard InChI is InChI=1S/C10H16F3N3O2/c1-5(4-14)15-8(17)6-2-3-7(10(11,12)13)16-9(6)18/h5-7H,2-4,14H2,1H3,(H,15,17)(H,16,18)/t5-,6?,7?/m0/s1. The topological polar surface area (TPSA) is 84.2 Å². The van der Waals surface area contributed by atoms with E-state index in [1.807, 2.05) is 5.32 Å². The number of carbonyl (C=O) groups is 2. The van der Waals surface area contributed by atoms with Crippen molar-refractivity contribution in [3.8, 4) is 0 Å². The van der Waals surface area contributed by atoms with Crippen LogP contribution in [0, 0.1) is 5.92 Å².